The quantitative estimate of drug-likeness (QED) is 0.291. The van der Waals surface area contributed by atoms with E-state index in [9.17, 15) is 4.79 Å². The second kappa shape index (κ2) is 19.7. The van der Waals surface area contributed by atoms with Crippen LogP contribution < -0.4 is 0 Å². The van der Waals surface area contributed by atoms with Gasteiger partial charge in [0.05, 0.1) is 0 Å². The summed E-state index contributed by atoms with van der Waals surface area (Å²) in [6.07, 6.45) is 0.758. The molecular formula is C23H23CrNO5. The summed E-state index contributed by atoms with van der Waals surface area (Å²) in [6, 6.07) is 18.1. The molecular weight excluding hydrogens is 422 g/mol. The van der Waals surface area contributed by atoms with Crippen LogP contribution in [0.5, 0.6) is 0 Å². The van der Waals surface area contributed by atoms with Gasteiger partial charge in [-0.3, -0.25) is 0 Å². The first-order chi connectivity index (χ1) is 14.0. The fraction of sp³-hybridized carbons (Fsp3) is 0.217. The van der Waals surface area contributed by atoms with Crippen LogP contribution in [0.15, 0.2) is 67.3 Å². The molecule has 0 aromatic heterocycles. The van der Waals surface area contributed by atoms with E-state index < -0.39 is 12.1 Å². The first kappa shape index (κ1) is 32.0. The molecule has 0 heterocycles. The molecule has 2 rings (SSSR count). The van der Waals surface area contributed by atoms with Gasteiger partial charge in [-0.05, 0) is 32.1 Å². The second-order valence-corrected chi connectivity index (χ2v) is 5.70. The minimum Gasteiger partial charge on any atom is 0 e. The molecule has 7 heteroatoms. The van der Waals surface area contributed by atoms with Gasteiger partial charge in [-0.15, -0.1) is 0 Å². The molecule has 6 nitrogen and oxygen atoms in total. The minimum atomic E-state index is -0.444. The van der Waals surface area contributed by atoms with Gasteiger partial charge in [0, 0.05) is 35.0 Å². The van der Waals surface area contributed by atoms with Gasteiger partial charge in [0.25, 0.3) is 0 Å². The molecule has 0 saturated carbocycles. The monoisotopic (exact) mass is 445 g/mol. The van der Waals surface area contributed by atoms with Crippen molar-refractivity contribution in [2.75, 3.05) is 14.1 Å². The maximum Gasteiger partial charge on any atom is 0 e. The molecule has 0 saturated heterocycles. The Morgan fingerprint density at radius 3 is 1.80 bits per heavy atom. The number of hydrogen-bond acceptors (Lipinski definition) is 3. The van der Waals surface area contributed by atoms with Crippen LogP contribution in [0.25, 0.3) is 0 Å². The van der Waals surface area contributed by atoms with Crippen molar-refractivity contribution in [2.45, 2.75) is 19.1 Å². The third kappa shape index (κ3) is 10.2. The van der Waals surface area contributed by atoms with Gasteiger partial charge in [-0.2, -0.15) is 0 Å². The molecule has 0 fully saturated rings. The zero-order valence-electron chi connectivity index (χ0n) is 17.0. The van der Waals surface area contributed by atoms with Gasteiger partial charge in [0.15, 0.2) is 6.10 Å². The molecule has 2 aromatic carbocycles. The fourth-order valence-electron chi connectivity index (χ4n) is 2.51. The fourth-order valence-corrected chi connectivity index (χ4v) is 2.51. The molecule has 0 radical (unpaired) electrons. The number of nitrogens with zero attached hydrogens (tertiary/aromatic N) is 1. The maximum atomic E-state index is 11.8. The van der Waals surface area contributed by atoms with Gasteiger partial charge in [-0.1, -0.05) is 61.2 Å². The number of rotatable bonds is 6. The van der Waals surface area contributed by atoms with Gasteiger partial charge in [0.1, 0.15) is 0 Å². The summed E-state index contributed by atoms with van der Waals surface area (Å²) in [5.74, 6) is -0.425. The summed E-state index contributed by atoms with van der Waals surface area (Å²) in [5.41, 5.74) is 3.08. The Labute approximate surface area is 188 Å². The molecule has 0 amide bonds. The largest absolute Gasteiger partial charge is 0 e. The van der Waals surface area contributed by atoms with Gasteiger partial charge in [0.2, 0.25) is 0 Å². The zero-order chi connectivity index (χ0) is 22.8. The van der Waals surface area contributed by atoms with Crippen LogP contribution in [0, 0.1) is 20.0 Å². The molecule has 2 aromatic rings. The number of esters is 1. The van der Waals surface area contributed by atoms with E-state index in [4.69, 9.17) is 18.7 Å². The summed E-state index contributed by atoms with van der Waals surface area (Å²) in [6.45, 7) is 19.1. The predicted molar refractivity (Wildman–Crippen MR) is 105 cm³/mol. The van der Waals surface area contributed by atoms with Crippen molar-refractivity contribution in [1.29, 1.82) is 0 Å². The Bertz CT molecular complexity index is 786. The molecule has 0 aliphatic carbocycles. The van der Waals surface area contributed by atoms with E-state index in [0.717, 1.165) is 16.7 Å². The third-order valence-electron chi connectivity index (χ3n) is 4.01. The zero-order valence-corrected chi connectivity index (χ0v) is 18.3. The molecule has 156 valence electrons. The number of carbonyl (C=O) groups excluding carboxylic acids is 1. The van der Waals surface area contributed by atoms with Crippen molar-refractivity contribution in [3.05, 3.63) is 104 Å². The van der Waals surface area contributed by atoms with E-state index in [1.165, 1.54) is 6.08 Å². The average molecular weight is 445 g/mol. The first-order valence-corrected chi connectivity index (χ1v) is 8.29. The van der Waals surface area contributed by atoms with Gasteiger partial charge in [-0.25, -0.2) is 4.79 Å². The van der Waals surface area contributed by atoms with E-state index >= 15 is 0 Å². The first-order valence-electron chi connectivity index (χ1n) is 8.29. The standard InChI is InChI=1S/C20H23NO2.3CO.Cr/c1-5-19(22)23-20(16-11-7-6-8-12-16)18-14-10-9-13-17(18)15(2)21(3)4;3*1-2;/h5-15,20H,1H2,2-4H3;;;;/t15-,20+;;;;/m1..../s1. The topological polar surface area (TPSA) is 89.2 Å². The van der Waals surface area contributed by atoms with Crippen LogP contribution in [0.1, 0.15) is 35.8 Å². The summed E-state index contributed by atoms with van der Waals surface area (Å²) in [4.78, 5) is 14.0. The van der Waals surface area contributed by atoms with Crippen LogP contribution in [0.3, 0.4) is 0 Å². The van der Waals surface area contributed by atoms with Crippen LogP contribution in [0.4, 0.5) is 0 Å². The van der Waals surface area contributed by atoms with Crippen molar-refractivity contribution in [3.63, 3.8) is 0 Å². The summed E-state index contributed by atoms with van der Waals surface area (Å²) >= 11 is 0. The molecule has 2 atom stereocenters. The van der Waals surface area contributed by atoms with Crippen LogP contribution in [0.2, 0.25) is 0 Å². The van der Waals surface area contributed by atoms with E-state index in [1.54, 1.807) is 0 Å². The van der Waals surface area contributed by atoms with Crippen LogP contribution in [-0.2, 0) is 40.8 Å². The number of hydrogen-bond donors (Lipinski definition) is 0. The molecule has 0 aliphatic heterocycles. The summed E-state index contributed by atoms with van der Waals surface area (Å²) in [5, 5.41) is 0. The van der Waals surface area contributed by atoms with Crippen LogP contribution >= 0.6 is 0 Å². The molecule has 0 N–H and O–H groups in total. The maximum absolute atomic E-state index is 11.8. The average Bonchev–Trinajstić information content (AvgIpc) is 2.81. The second-order valence-electron chi connectivity index (χ2n) is 5.70. The Balaban J connectivity index is -0.000000955. The predicted octanol–water partition coefficient (Wildman–Crippen LogP) is 4.01. The van der Waals surface area contributed by atoms with Crippen LogP contribution in [-0.4, -0.2) is 25.0 Å². The summed E-state index contributed by atoms with van der Waals surface area (Å²) in [7, 11) is 4.07. The van der Waals surface area contributed by atoms with E-state index in [0.29, 0.717) is 0 Å². The van der Waals surface area contributed by atoms with E-state index in [-0.39, 0.29) is 23.4 Å². The van der Waals surface area contributed by atoms with E-state index in [2.05, 4.69) is 44.4 Å². The Morgan fingerprint density at radius 1 is 0.933 bits per heavy atom. The van der Waals surface area contributed by atoms with Crippen molar-refractivity contribution in [2.24, 2.45) is 0 Å². The SMILES string of the molecule is C=CC(=O)O[C@@H](c1ccccc1)c1ccccc1[C@@H](C)N(C)C.[C-]#[O+].[C-]#[O+].[C-]#[O+].[Cr]. The van der Waals surface area contributed by atoms with Crippen molar-refractivity contribution < 1.29 is 40.8 Å². The van der Waals surface area contributed by atoms with Crippen molar-refractivity contribution >= 4 is 5.97 Å². The summed E-state index contributed by atoms with van der Waals surface area (Å²) < 4.78 is 28.2. The molecule has 0 spiro atoms. The van der Waals surface area contributed by atoms with Crippen molar-refractivity contribution in [3.8, 4) is 0 Å². The van der Waals surface area contributed by atoms with E-state index in [1.807, 2.05) is 62.6 Å². The molecule has 0 aliphatic rings. The molecule has 0 bridgehead atoms. The van der Waals surface area contributed by atoms with Crippen molar-refractivity contribution in [1.82, 2.24) is 4.90 Å². The minimum absolute atomic E-state index is 0. The molecule has 0 unspecified atom stereocenters. The Morgan fingerprint density at radius 2 is 1.37 bits per heavy atom. The Hall–Kier alpha value is -2.64. The normalized spacial score (nSPS) is 10.5. The molecule has 30 heavy (non-hydrogen) atoms. The number of carbonyl (C=O) groups is 1. The number of ether oxygens (including phenoxy) is 1. The Kier molecular flexibility index (Phi) is 21.0. The third-order valence-corrected chi connectivity index (χ3v) is 4.01. The number of benzene rings is 2. The smallest absolute Gasteiger partial charge is 0 e. The van der Waals surface area contributed by atoms with Gasteiger partial charge < -0.3 is 9.64 Å². The van der Waals surface area contributed by atoms with Gasteiger partial charge >= 0.3 is 39.9 Å².